The van der Waals surface area contributed by atoms with Crippen LogP contribution in [0.25, 0.3) is 0 Å². The molecule has 0 spiro atoms. The van der Waals surface area contributed by atoms with Crippen molar-refractivity contribution in [3.05, 3.63) is 18.2 Å². The molecular weight excluding hydrogens is 624 g/mol. The summed E-state index contributed by atoms with van der Waals surface area (Å²) in [6.45, 7) is 17.3. The summed E-state index contributed by atoms with van der Waals surface area (Å²) in [5.74, 6) is 3.69. The molecule has 1 rings (SSSR count). The van der Waals surface area contributed by atoms with Crippen LogP contribution in [0.15, 0.2) is 23.1 Å². The van der Waals surface area contributed by atoms with E-state index in [1.807, 2.05) is 6.07 Å². The monoisotopic (exact) mass is 663 g/mol. The predicted molar refractivity (Wildman–Crippen MR) is 178 cm³/mol. The largest absolute Gasteiger partial charge is 0.344 e. The van der Waals surface area contributed by atoms with Crippen molar-refractivity contribution in [3.63, 3.8) is 0 Å². The normalized spacial score (nSPS) is 13.9. The van der Waals surface area contributed by atoms with E-state index in [1.165, 1.54) is 5.30 Å². The van der Waals surface area contributed by atoms with Crippen LogP contribution in [0.4, 0.5) is 0 Å². The fourth-order valence-corrected chi connectivity index (χ4v) is 29.0. The van der Waals surface area contributed by atoms with Gasteiger partial charge >= 0.3 is 0 Å². The fraction of sp³-hybridized carbons (Fsp3) is 0.667. The smallest absolute Gasteiger partial charge is 0.294 e. The second-order valence-corrected chi connectivity index (χ2v) is 43.6. The zero-order valence-corrected chi connectivity index (χ0v) is 30.2. The molecule has 0 saturated carbocycles. The van der Waals surface area contributed by atoms with E-state index in [1.54, 1.807) is 12.1 Å². The van der Waals surface area contributed by atoms with Crippen molar-refractivity contribution in [2.75, 3.05) is 76.9 Å². The summed E-state index contributed by atoms with van der Waals surface area (Å²) < 4.78 is 33.9. The van der Waals surface area contributed by atoms with Gasteiger partial charge in [-0.2, -0.15) is 8.42 Å². The Morgan fingerprint density at radius 1 is 0.697 bits per heavy atom. The molecule has 194 valence electrons. The van der Waals surface area contributed by atoms with Gasteiger partial charge in [-0.3, -0.25) is 4.55 Å². The molecule has 0 aliphatic rings. The standard InChI is InChI=1S/C18H36O3P6S5.H3N/c1-24(2,28)12-22(13-25(3,4)29)17-10-9-16(32(19,20)21)11-18(17)23(14-26(5,6)30)15-27(7,8)31;/h9-11H,12-15H2,1-8H3,(H,19,20,21);1H3. The second kappa shape index (κ2) is 13.1. The highest BCUT2D eigenvalue weighted by Crippen LogP contribution is 2.62. The predicted octanol–water partition coefficient (Wildman–Crippen LogP) is 6.10. The topological polar surface area (TPSA) is 89.4 Å². The molecule has 0 bridgehead atoms. The summed E-state index contributed by atoms with van der Waals surface area (Å²) >= 11 is 23.5. The van der Waals surface area contributed by atoms with E-state index in [0.29, 0.717) is 0 Å². The molecule has 1 aromatic rings. The van der Waals surface area contributed by atoms with Gasteiger partial charge in [0.25, 0.3) is 10.1 Å². The van der Waals surface area contributed by atoms with Crippen molar-refractivity contribution in [1.82, 2.24) is 6.15 Å². The molecule has 1 aromatic carbocycles. The summed E-state index contributed by atoms with van der Waals surface area (Å²) in [6.07, 6.45) is 0. The van der Waals surface area contributed by atoms with Gasteiger partial charge in [-0.25, -0.2) is 0 Å². The first-order chi connectivity index (χ1) is 14.0. The third-order valence-corrected chi connectivity index (χ3v) is 27.6. The third kappa shape index (κ3) is 14.9. The van der Waals surface area contributed by atoms with E-state index in [9.17, 15) is 13.0 Å². The minimum atomic E-state index is -4.30. The van der Waals surface area contributed by atoms with Crippen molar-refractivity contribution >= 4 is 108 Å². The Morgan fingerprint density at radius 2 is 1.00 bits per heavy atom. The molecule has 0 aliphatic heterocycles. The highest BCUT2D eigenvalue weighted by molar-refractivity contribution is 8.21. The Balaban J connectivity index is 0.0000102. The Labute approximate surface area is 225 Å². The van der Waals surface area contributed by atoms with E-state index < -0.39 is 50.1 Å². The molecule has 0 saturated heterocycles. The molecule has 15 heteroatoms. The maximum Gasteiger partial charge on any atom is 0.294 e. The fourth-order valence-electron chi connectivity index (χ4n) is 3.22. The minimum absolute atomic E-state index is 0. The Kier molecular flexibility index (Phi) is 14.1. The minimum Gasteiger partial charge on any atom is -0.344 e. The van der Waals surface area contributed by atoms with Crippen LogP contribution in [0.1, 0.15) is 0 Å². The second-order valence-electron chi connectivity index (χ2n) is 10.1. The zero-order chi connectivity index (χ0) is 25.3. The Bertz CT molecular complexity index is 1080. The van der Waals surface area contributed by atoms with Gasteiger partial charge in [0, 0.05) is 23.6 Å². The zero-order valence-electron chi connectivity index (χ0n) is 20.8. The average molecular weight is 664 g/mol. The average Bonchev–Trinajstić information content (AvgIpc) is 2.46. The van der Waals surface area contributed by atoms with E-state index in [-0.39, 0.29) is 11.0 Å². The van der Waals surface area contributed by atoms with Crippen molar-refractivity contribution in [2.45, 2.75) is 4.90 Å². The maximum atomic E-state index is 12.0. The molecular formula is C18H39NO3P6S5. The van der Waals surface area contributed by atoms with E-state index >= 15 is 0 Å². The lowest BCUT2D eigenvalue weighted by molar-refractivity contribution is 0.483. The quantitative estimate of drug-likeness (QED) is 0.217. The van der Waals surface area contributed by atoms with Crippen LogP contribution in [0.3, 0.4) is 0 Å². The van der Waals surface area contributed by atoms with E-state index in [2.05, 4.69) is 53.3 Å². The lowest BCUT2D eigenvalue weighted by Gasteiger charge is -2.32. The van der Waals surface area contributed by atoms with Gasteiger partial charge in [-0.15, -0.1) is 0 Å². The third-order valence-electron chi connectivity index (χ3n) is 3.97. The first-order valence-electron chi connectivity index (χ1n) is 9.74. The number of rotatable bonds is 11. The molecule has 0 aliphatic carbocycles. The highest BCUT2D eigenvalue weighted by atomic mass is 32.5. The molecule has 0 radical (unpaired) electrons. The lowest BCUT2D eigenvalue weighted by Crippen LogP contribution is -2.26. The summed E-state index contributed by atoms with van der Waals surface area (Å²) in [4.78, 5) is -0.0421. The number of hydrogen-bond donors (Lipinski definition) is 2. The van der Waals surface area contributed by atoms with E-state index in [0.717, 1.165) is 28.9 Å². The molecule has 4 N–H and O–H groups in total. The van der Waals surface area contributed by atoms with Crippen LogP contribution < -0.4 is 16.8 Å². The molecule has 4 nitrogen and oxygen atoms in total. The van der Waals surface area contributed by atoms with Crippen LogP contribution in [-0.2, 0) is 57.3 Å². The Hall–Kier alpha value is 2.55. The summed E-state index contributed by atoms with van der Waals surface area (Å²) in [7, 11) is -5.68. The highest BCUT2D eigenvalue weighted by Gasteiger charge is 2.29. The number of hydrogen-bond acceptors (Lipinski definition) is 7. The van der Waals surface area contributed by atoms with Gasteiger partial charge in [-0.1, -0.05) is 69.1 Å². The van der Waals surface area contributed by atoms with Crippen LogP contribution in [0.2, 0.25) is 0 Å². The van der Waals surface area contributed by atoms with Crippen LogP contribution in [0, 0.1) is 0 Å². The van der Waals surface area contributed by atoms with Gasteiger partial charge in [0.15, 0.2) is 0 Å². The molecule has 0 amide bonds. The van der Waals surface area contributed by atoms with Gasteiger partial charge in [-0.05, 0) is 100 Å². The van der Waals surface area contributed by atoms with Crippen LogP contribution in [0.5, 0.6) is 0 Å². The molecule has 0 fully saturated rings. The van der Waals surface area contributed by atoms with Crippen molar-refractivity contribution in [3.8, 4) is 0 Å². The lowest BCUT2D eigenvalue weighted by atomic mass is 10.4. The molecule has 33 heavy (non-hydrogen) atoms. The Morgan fingerprint density at radius 3 is 1.27 bits per heavy atom. The van der Waals surface area contributed by atoms with Crippen LogP contribution >= 0.6 is 40.0 Å². The number of benzene rings is 1. The van der Waals surface area contributed by atoms with Crippen molar-refractivity contribution in [1.29, 1.82) is 0 Å². The molecule has 0 atom stereocenters. The van der Waals surface area contributed by atoms with Gasteiger partial charge in [0.2, 0.25) is 0 Å². The first-order valence-corrected chi connectivity index (χ1v) is 30.1. The van der Waals surface area contributed by atoms with E-state index in [4.69, 9.17) is 47.2 Å². The SMILES string of the molecule is CP(C)(=S)CP(CP(C)(C)=S)c1ccc(S(=O)(=O)O)cc1P(CP(C)(C)=S)CP(C)(C)=S.N. The van der Waals surface area contributed by atoms with Gasteiger partial charge in [0.1, 0.15) is 0 Å². The molecule has 0 aromatic heterocycles. The van der Waals surface area contributed by atoms with Crippen molar-refractivity contribution < 1.29 is 13.0 Å². The summed E-state index contributed by atoms with van der Waals surface area (Å²) in [6, 6.07) is -0.939. The summed E-state index contributed by atoms with van der Waals surface area (Å²) in [5.41, 5.74) is 0. The van der Waals surface area contributed by atoms with Crippen molar-refractivity contribution in [2.24, 2.45) is 0 Å². The molecule has 0 unspecified atom stereocenters. The summed E-state index contributed by atoms with van der Waals surface area (Å²) in [5, 5.41) is 2.27. The molecule has 0 heterocycles. The maximum absolute atomic E-state index is 12.0. The van der Waals surface area contributed by atoms with Gasteiger partial charge in [0.05, 0.1) is 4.90 Å². The van der Waals surface area contributed by atoms with Crippen LogP contribution in [-0.4, -0.2) is 89.9 Å². The first kappa shape index (κ1) is 35.5. The van der Waals surface area contributed by atoms with Gasteiger partial charge < -0.3 is 6.15 Å².